The number of carbonyl (C=O) groups excluding carboxylic acids is 3. The summed E-state index contributed by atoms with van der Waals surface area (Å²) < 4.78 is 49.7. The van der Waals surface area contributed by atoms with Crippen molar-refractivity contribution in [2.75, 3.05) is 25.1 Å². The highest BCUT2D eigenvalue weighted by Gasteiger charge is 2.36. The Kier molecular flexibility index (Phi) is 8.86. The van der Waals surface area contributed by atoms with Gasteiger partial charge in [-0.2, -0.15) is 13.2 Å². The van der Waals surface area contributed by atoms with Gasteiger partial charge in [-0.1, -0.05) is 6.07 Å². The molecule has 3 rings (SSSR count). The molecule has 0 bridgehead atoms. The molecular weight excluding hydrogens is 585 g/mol. The summed E-state index contributed by atoms with van der Waals surface area (Å²) in [7, 11) is 0. The number of halogens is 4. The average molecular weight is 603 g/mol. The van der Waals surface area contributed by atoms with Crippen molar-refractivity contribution in [2.45, 2.75) is 13.1 Å². The third-order valence-corrected chi connectivity index (χ3v) is 6.11. The Morgan fingerprint density at radius 1 is 1.19 bits per heavy atom. The number of amides is 3. The first-order chi connectivity index (χ1) is 17.4. The number of ether oxygens (including phenoxy) is 2. The maximum absolute atomic E-state index is 12.9. The summed E-state index contributed by atoms with van der Waals surface area (Å²) >= 11 is 3.85. The van der Waals surface area contributed by atoms with Crippen LogP contribution in [0, 0.1) is 0 Å². The van der Waals surface area contributed by atoms with Crippen molar-refractivity contribution >= 4 is 62.5 Å². The minimum Gasteiger partial charge on any atom is -0.490 e. The van der Waals surface area contributed by atoms with E-state index in [1.165, 1.54) is 24.3 Å². The highest BCUT2D eigenvalue weighted by Crippen LogP contribution is 2.39. The molecule has 0 saturated carbocycles. The van der Waals surface area contributed by atoms with Crippen LogP contribution in [-0.4, -0.2) is 52.8 Å². The summed E-state index contributed by atoms with van der Waals surface area (Å²) in [5, 5.41) is 10.4. The quantitative estimate of drug-likeness (QED) is 0.384. The number of benzene rings is 2. The second-order valence-corrected chi connectivity index (χ2v) is 9.19. The molecule has 1 aliphatic heterocycles. The number of aliphatic carboxylic acids is 1. The fraction of sp³-hybridized carbons (Fsp3) is 0.217. The topological polar surface area (TPSA) is 122 Å². The highest BCUT2D eigenvalue weighted by atomic mass is 79.9. The van der Waals surface area contributed by atoms with E-state index in [9.17, 15) is 32.3 Å². The van der Waals surface area contributed by atoms with Gasteiger partial charge in [0.05, 0.1) is 21.5 Å². The van der Waals surface area contributed by atoms with Crippen molar-refractivity contribution in [2.24, 2.45) is 0 Å². The van der Waals surface area contributed by atoms with Crippen molar-refractivity contribution in [3.8, 4) is 11.5 Å². The van der Waals surface area contributed by atoms with E-state index in [4.69, 9.17) is 14.6 Å². The van der Waals surface area contributed by atoms with Crippen LogP contribution in [0.15, 0.2) is 45.8 Å². The molecule has 0 radical (unpaired) electrons. The standard InChI is InChI=1S/C23H18BrF3N2O7S/c1-2-35-16-7-12(6-15(24)20(16)36-11-19(31)32)8-17-21(33)29(22(34)37-17)10-18(30)28-14-5-3-4-13(9-14)23(25,26)27/h3-9H,2,10-11H2,1H3,(H,28,30)(H,31,32)/b17-8-. The van der Waals surface area contributed by atoms with Crippen molar-refractivity contribution in [1.29, 1.82) is 0 Å². The van der Waals surface area contributed by atoms with Crippen molar-refractivity contribution in [3.05, 3.63) is 56.9 Å². The molecule has 2 aromatic carbocycles. The van der Waals surface area contributed by atoms with Crippen LogP contribution in [0.3, 0.4) is 0 Å². The number of carboxylic acids is 1. The van der Waals surface area contributed by atoms with Gasteiger partial charge in [0, 0.05) is 5.69 Å². The second kappa shape index (κ2) is 11.7. The van der Waals surface area contributed by atoms with Crippen LogP contribution < -0.4 is 14.8 Å². The second-order valence-electron chi connectivity index (χ2n) is 7.34. The Morgan fingerprint density at radius 2 is 1.92 bits per heavy atom. The third kappa shape index (κ3) is 7.26. The van der Waals surface area contributed by atoms with Crippen molar-refractivity contribution in [3.63, 3.8) is 0 Å². The predicted octanol–water partition coefficient (Wildman–Crippen LogP) is 5.01. The summed E-state index contributed by atoms with van der Waals surface area (Å²) in [6.45, 7) is 0.627. The molecule has 1 fully saturated rings. The number of thioether (sulfide) groups is 1. The molecule has 0 aromatic heterocycles. The lowest BCUT2D eigenvalue weighted by atomic mass is 10.1. The molecule has 2 N–H and O–H groups in total. The van der Waals surface area contributed by atoms with Crippen LogP contribution in [0.4, 0.5) is 23.7 Å². The zero-order chi connectivity index (χ0) is 27.3. The maximum atomic E-state index is 12.9. The molecule has 0 unspecified atom stereocenters. The molecular formula is C23H18BrF3N2O7S. The number of imide groups is 1. The Hall–Kier alpha value is -3.52. The molecule has 3 amide bonds. The van der Waals surface area contributed by atoms with E-state index in [0.29, 0.717) is 26.7 Å². The summed E-state index contributed by atoms with van der Waals surface area (Å²) in [4.78, 5) is 49.0. The van der Waals surface area contributed by atoms with E-state index in [2.05, 4.69) is 21.2 Å². The fourth-order valence-corrected chi connectivity index (χ4v) is 4.53. The van der Waals surface area contributed by atoms with E-state index in [1.54, 1.807) is 6.92 Å². The number of hydrogen-bond donors (Lipinski definition) is 2. The smallest absolute Gasteiger partial charge is 0.416 e. The van der Waals surface area contributed by atoms with Gasteiger partial charge in [-0.3, -0.25) is 19.3 Å². The molecule has 14 heteroatoms. The number of anilines is 1. The average Bonchev–Trinajstić information content (AvgIpc) is 3.05. The zero-order valence-electron chi connectivity index (χ0n) is 18.9. The molecule has 2 aromatic rings. The summed E-state index contributed by atoms with van der Waals surface area (Å²) in [6, 6.07) is 6.96. The monoisotopic (exact) mass is 602 g/mol. The number of hydrogen-bond acceptors (Lipinski definition) is 7. The van der Waals surface area contributed by atoms with Crippen LogP contribution in [-0.2, 0) is 20.6 Å². The maximum Gasteiger partial charge on any atom is 0.416 e. The first-order valence-electron chi connectivity index (χ1n) is 10.4. The van der Waals surface area contributed by atoms with Crippen LogP contribution in [0.1, 0.15) is 18.1 Å². The lowest BCUT2D eigenvalue weighted by molar-refractivity contribution is -0.139. The number of carbonyl (C=O) groups is 4. The van der Waals surface area contributed by atoms with E-state index in [-0.39, 0.29) is 28.7 Å². The molecule has 0 atom stereocenters. The first kappa shape index (κ1) is 28.1. The Morgan fingerprint density at radius 3 is 2.57 bits per heavy atom. The normalized spacial score (nSPS) is 14.7. The van der Waals surface area contributed by atoms with Gasteiger partial charge in [0.15, 0.2) is 18.1 Å². The van der Waals surface area contributed by atoms with Gasteiger partial charge in [-0.15, -0.1) is 0 Å². The van der Waals surface area contributed by atoms with E-state index in [0.717, 1.165) is 18.2 Å². The van der Waals surface area contributed by atoms with Crippen LogP contribution >= 0.6 is 27.7 Å². The van der Waals surface area contributed by atoms with Gasteiger partial charge < -0.3 is 19.9 Å². The number of alkyl halides is 3. The fourth-order valence-electron chi connectivity index (χ4n) is 3.11. The minimum absolute atomic E-state index is 0.00887. The summed E-state index contributed by atoms with van der Waals surface area (Å²) in [5.74, 6) is -2.48. The molecule has 1 saturated heterocycles. The zero-order valence-corrected chi connectivity index (χ0v) is 21.3. The third-order valence-electron chi connectivity index (χ3n) is 4.62. The lowest BCUT2D eigenvalue weighted by Crippen LogP contribution is -2.36. The Bertz CT molecular complexity index is 1280. The predicted molar refractivity (Wildman–Crippen MR) is 131 cm³/mol. The lowest BCUT2D eigenvalue weighted by Gasteiger charge is -2.14. The molecule has 0 aliphatic carbocycles. The molecule has 196 valence electrons. The summed E-state index contributed by atoms with van der Waals surface area (Å²) in [5.41, 5.74) is -0.686. The molecule has 1 heterocycles. The van der Waals surface area contributed by atoms with Crippen LogP contribution in [0.2, 0.25) is 0 Å². The summed E-state index contributed by atoms with van der Waals surface area (Å²) in [6.07, 6.45) is -3.22. The van der Waals surface area contributed by atoms with Crippen molar-refractivity contribution < 1.29 is 46.9 Å². The van der Waals surface area contributed by atoms with Gasteiger partial charge in [0.1, 0.15) is 6.54 Å². The SMILES string of the molecule is CCOc1cc(/C=C2\SC(=O)N(CC(=O)Nc3cccc(C(F)(F)F)c3)C2=O)cc(Br)c1OCC(=O)O. The molecule has 37 heavy (non-hydrogen) atoms. The van der Waals surface area contributed by atoms with E-state index in [1.807, 2.05) is 0 Å². The van der Waals surface area contributed by atoms with Crippen molar-refractivity contribution in [1.82, 2.24) is 4.90 Å². The minimum atomic E-state index is -4.60. The van der Waals surface area contributed by atoms with Gasteiger partial charge in [-0.05, 0) is 76.6 Å². The number of carboxylic acid groups (broad SMARTS) is 1. The molecule has 1 aliphatic rings. The number of nitrogens with zero attached hydrogens (tertiary/aromatic N) is 1. The van der Waals surface area contributed by atoms with Gasteiger partial charge in [0.2, 0.25) is 5.91 Å². The Labute approximate surface area is 220 Å². The van der Waals surface area contributed by atoms with Crippen LogP contribution in [0.5, 0.6) is 11.5 Å². The van der Waals surface area contributed by atoms with E-state index < -0.39 is 47.9 Å². The number of rotatable bonds is 9. The van der Waals surface area contributed by atoms with Gasteiger partial charge in [0.25, 0.3) is 11.1 Å². The molecule has 9 nitrogen and oxygen atoms in total. The van der Waals surface area contributed by atoms with E-state index >= 15 is 0 Å². The first-order valence-corrected chi connectivity index (χ1v) is 12.0. The largest absolute Gasteiger partial charge is 0.490 e. The Balaban J connectivity index is 1.76. The number of nitrogens with one attached hydrogen (secondary N) is 1. The molecule has 0 spiro atoms. The van der Waals surface area contributed by atoms with Crippen LogP contribution in [0.25, 0.3) is 6.08 Å². The van der Waals surface area contributed by atoms with Gasteiger partial charge >= 0.3 is 12.1 Å². The van der Waals surface area contributed by atoms with Gasteiger partial charge in [-0.25, -0.2) is 4.79 Å². The highest BCUT2D eigenvalue weighted by molar-refractivity contribution is 9.10.